The lowest BCUT2D eigenvalue weighted by Gasteiger charge is -2.23. The number of carbonyl (C=O) groups is 1. The quantitative estimate of drug-likeness (QED) is 0.466. The summed E-state index contributed by atoms with van der Waals surface area (Å²) < 4.78 is 0. The van der Waals surface area contributed by atoms with Gasteiger partial charge >= 0.3 is 6.03 Å². The highest BCUT2D eigenvalue weighted by Crippen LogP contribution is 2.17. The van der Waals surface area contributed by atoms with Gasteiger partial charge in [0.05, 0.1) is 6.33 Å². The van der Waals surface area contributed by atoms with Crippen molar-refractivity contribution >= 4 is 17.9 Å². The maximum Gasteiger partial charge on any atom is 0.321 e. The molecule has 0 spiro atoms. The highest BCUT2D eigenvalue weighted by molar-refractivity contribution is 6.02. The summed E-state index contributed by atoms with van der Waals surface area (Å²) in [6.45, 7) is 4.29. The molecular weight excluding hydrogens is 356 g/mol. The van der Waals surface area contributed by atoms with Gasteiger partial charge in [0.15, 0.2) is 0 Å². The molecule has 0 aromatic carbocycles. The molecule has 0 radical (unpaired) electrons. The minimum Gasteiger partial charge on any atom is -0.348 e. The van der Waals surface area contributed by atoms with E-state index in [2.05, 4.69) is 40.9 Å². The monoisotopic (exact) mass is 384 g/mol. The summed E-state index contributed by atoms with van der Waals surface area (Å²) in [5, 5.41) is 8.89. The molecule has 2 aromatic rings. The first-order valence-corrected chi connectivity index (χ1v) is 9.77. The molecule has 1 aliphatic carbocycles. The summed E-state index contributed by atoms with van der Waals surface area (Å²) in [6, 6.07) is 1.85. The molecule has 0 atom stereocenters. The molecule has 1 aliphatic rings. The zero-order valence-corrected chi connectivity index (χ0v) is 16.5. The molecule has 0 aliphatic heterocycles. The second-order valence-corrected chi connectivity index (χ2v) is 7.09. The van der Waals surface area contributed by atoms with Crippen LogP contribution in [0.25, 0.3) is 0 Å². The van der Waals surface area contributed by atoms with E-state index in [-0.39, 0.29) is 12.1 Å². The number of hydrogen-bond acceptors (Lipinski definition) is 5. The Bertz CT molecular complexity index is 776. The number of aliphatic imine (C=N–C) groups is 1. The van der Waals surface area contributed by atoms with E-state index in [0.29, 0.717) is 24.9 Å². The fraction of sp³-hybridized carbons (Fsp3) is 0.526. The number of rotatable bonds is 5. The van der Waals surface area contributed by atoms with Gasteiger partial charge in [-0.2, -0.15) is 0 Å². The molecule has 0 unspecified atom stereocenters. The fourth-order valence-electron chi connectivity index (χ4n) is 3.28. The number of guanidine groups is 1. The molecule has 0 saturated heterocycles. The van der Waals surface area contributed by atoms with Crippen LogP contribution in [0.2, 0.25) is 0 Å². The zero-order chi connectivity index (χ0) is 19.8. The summed E-state index contributed by atoms with van der Waals surface area (Å²) in [4.78, 5) is 32.7. The fourth-order valence-corrected chi connectivity index (χ4v) is 3.28. The standard InChI is InChI=1S/C19H28N8O/c1-13-10-14(2)24-18(23-13)26-17(21-9-8-16-11-20-12-22-16)27-19(28)25-15-6-4-3-5-7-15/h10-12,15H,3-9H2,1-2H3,(H,20,22)(H3,21,23,24,25,26,27,28). The molecule has 9 heteroatoms. The van der Waals surface area contributed by atoms with Crippen molar-refractivity contribution in [3.63, 3.8) is 0 Å². The number of aromatic amines is 1. The Hall–Kier alpha value is -2.97. The van der Waals surface area contributed by atoms with Crippen molar-refractivity contribution in [3.8, 4) is 0 Å². The Morgan fingerprint density at radius 1 is 1.21 bits per heavy atom. The molecule has 1 saturated carbocycles. The summed E-state index contributed by atoms with van der Waals surface area (Å²) in [5.74, 6) is 0.744. The van der Waals surface area contributed by atoms with E-state index in [1.807, 2.05) is 19.9 Å². The lowest BCUT2D eigenvalue weighted by atomic mass is 9.96. The van der Waals surface area contributed by atoms with Crippen LogP contribution in [0.4, 0.5) is 10.7 Å². The average Bonchev–Trinajstić information content (AvgIpc) is 3.15. The molecule has 2 amide bonds. The SMILES string of the molecule is Cc1cc(C)nc(NC(=NCCc2cnc[nH]2)NC(=O)NC2CCCCC2)n1. The predicted molar refractivity (Wildman–Crippen MR) is 108 cm³/mol. The summed E-state index contributed by atoms with van der Waals surface area (Å²) >= 11 is 0. The highest BCUT2D eigenvalue weighted by Gasteiger charge is 2.17. The van der Waals surface area contributed by atoms with E-state index in [1.54, 1.807) is 12.5 Å². The largest absolute Gasteiger partial charge is 0.348 e. The molecule has 2 heterocycles. The lowest BCUT2D eigenvalue weighted by molar-refractivity contribution is 0.237. The topological polar surface area (TPSA) is 120 Å². The lowest BCUT2D eigenvalue weighted by Crippen LogP contribution is -2.47. The van der Waals surface area contributed by atoms with Crippen molar-refractivity contribution in [2.45, 2.75) is 58.4 Å². The van der Waals surface area contributed by atoms with E-state index in [4.69, 9.17) is 0 Å². The van der Waals surface area contributed by atoms with Gasteiger partial charge in [0.2, 0.25) is 11.9 Å². The van der Waals surface area contributed by atoms with Gasteiger partial charge in [-0.3, -0.25) is 15.6 Å². The number of carbonyl (C=O) groups excluding carboxylic acids is 1. The van der Waals surface area contributed by atoms with Crippen LogP contribution in [0.15, 0.2) is 23.6 Å². The first-order valence-electron chi connectivity index (χ1n) is 9.77. The van der Waals surface area contributed by atoms with Crippen molar-refractivity contribution in [2.75, 3.05) is 11.9 Å². The van der Waals surface area contributed by atoms with Crippen molar-refractivity contribution in [3.05, 3.63) is 35.7 Å². The van der Waals surface area contributed by atoms with Crippen LogP contribution in [0.5, 0.6) is 0 Å². The van der Waals surface area contributed by atoms with Crippen molar-refractivity contribution in [1.82, 2.24) is 30.6 Å². The number of aryl methyl sites for hydroxylation is 2. The van der Waals surface area contributed by atoms with E-state index in [9.17, 15) is 4.79 Å². The Morgan fingerprint density at radius 3 is 2.64 bits per heavy atom. The predicted octanol–water partition coefficient (Wildman–Crippen LogP) is 2.46. The van der Waals surface area contributed by atoms with Crippen LogP contribution in [0.1, 0.15) is 49.2 Å². The van der Waals surface area contributed by atoms with Gasteiger partial charge in [0.1, 0.15) is 0 Å². The number of imidazole rings is 1. The van der Waals surface area contributed by atoms with Crippen LogP contribution in [-0.2, 0) is 6.42 Å². The summed E-state index contributed by atoms with van der Waals surface area (Å²) in [6.07, 6.45) is 9.68. The van der Waals surface area contributed by atoms with Crippen molar-refractivity contribution < 1.29 is 4.79 Å². The molecule has 0 bridgehead atoms. The number of nitrogens with one attached hydrogen (secondary N) is 4. The van der Waals surface area contributed by atoms with Crippen LogP contribution >= 0.6 is 0 Å². The van der Waals surface area contributed by atoms with Gasteiger partial charge in [-0.05, 0) is 32.8 Å². The van der Waals surface area contributed by atoms with Gasteiger partial charge in [-0.1, -0.05) is 19.3 Å². The van der Waals surface area contributed by atoms with E-state index < -0.39 is 0 Å². The summed E-state index contributed by atoms with van der Waals surface area (Å²) in [5.41, 5.74) is 2.68. The molecule has 1 fully saturated rings. The van der Waals surface area contributed by atoms with Crippen molar-refractivity contribution in [2.24, 2.45) is 4.99 Å². The number of aromatic nitrogens is 4. The number of anilines is 1. The Morgan fingerprint density at radius 2 is 1.96 bits per heavy atom. The smallest absolute Gasteiger partial charge is 0.321 e. The van der Waals surface area contributed by atoms with E-state index in [0.717, 1.165) is 42.8 Å². The van der Waals surface area contributed by atoms with Gasteiger partial charge in [-0.15, -0.1) is 0 Å². The zero-order valence-electron chi connectivity index (χ0n) is 16.5. The van der Waals surface area contributed by atoms with E-state index in [1.165, 1.54) is 6.42 Å². The normalized spacial score (nSPS) is 15.3. The Kier molecular flexibility index (Phi) is 6.94. The number of amides is 2. The van der Waals surface area contributed by atoms with Gasteiger partial charge in [0.25, 0.3) is 0 Å². The molecule has 4 N–H and O–H groups in total. The van der Waals surface area contributed by atoms with Gasteiger partial charge in [-0.25, -0.2) is 19.7 Å². The first-order chi connectivity index (χ1) is 13.6. The van der Waals surface area contributed by atoms with E-state index >= 15 is 0 Å². The first kappa shape index (κ1) is 19.8. The number of hydrogen-bond donors (Lipinski definition) is 4. The molecule has 9 nitrogen and oxygen atoms in total. The molecule has 3 rings (SSSR count). The van der Waals surface area contributed by atoms with Crippen LogP contribution in [0.3, 0.4) is 0 Å². The number of urea groups is 1. The average molecular weight is 384 g/mol. The third-order valence-electron chi connectivity index (χ3n) is 4.59. The molecule has 150 valence electrons. The maximum atomic E-state index is 12.4. The van der Waals surface area contributed by atoms with Gasteiger partial charge < -0.3 is 10.3 Å². The minimum absolute atomic E-state index is 0.220. The van der Waals surface area contributed by atoms with Gasteiger partial charge in [0, 0.05) is 42.3 Å². The summed E-state index contributed by atoms with van der Waals surface area (Å²) in [7, 11) is 0. The third kappa shape index (κ3) is 6.33. The van der Waals surface area contributed by atoms with Crippen LogP contribution < -0.4 is 16.0 Å². The minimum atomic E-state index is -0.260. The molecular formula is C19H28N8O. The molecule has 28 heavy (non-hydrogen) atoms. The Labute approximate surface area is 164 Å². The second-order valence-electron chi connectivity index (χ2n) is 7.09. The number of nitrogens with zero attached hydrogens (tertiary/aromatic N) is 4. The Balaban J connectivity index is 1.64. The highest BCUT2D eigenvalue weighted by atomic mass is 16.2. The van der Waals surface area contributed by atoms with Crippen molar-refractivity contribution in [1.29, 1.82) is 0 Å². The maximum absolute atomic E-state index is 12.4. The number of H-pyrrole nitrogens is 1. The van der Waals surface area contributed by atoms with Crippen LogP contribution in [0, 0.1) is 13.8 Å². The molecule has 2 aromatic heterocycles. The third-order valence-corrected chi connectivity index (χ3v) is 4.59. The second kappa shape index (κ2) is 9.82. The van der Waals surface area contributed by atoms with Crippen LogP contribution in [-0.4, -0.2) is 44.5 Å².